The fourth-order valence-electron chi connectivity index (χ4n) is 3.39. The Morgan fingerprint density at radius 2 is 2.07 bits per heavy atom. The first-order valence-corrected chi connectivity index (χ1v) is 9.46. The minimum atomic E-state index is -0.852. The number of aliphatic hydroxyl groups is 1. The van der Waals surface area contributed by atoms with Crippen molar-refractivity contribution >= 4 is 11.9 Å². The summed E-state index contributed by atoms with van der Waals surface area (Å²) in [7, 11) is 4.55. The molecule has 1 aliphatic rings. The van der Waals surface area contributed by atoms with Crippen LogP contribution in [-0.2, 0) is 9.53 Å². The second kappa shape index (κ2) is 10.2. The van der Waals surface area contributed by atoms with Crippen LogP contribution in [0.3, 0.4) is 0 Å². The zero-order valence-corrected chi connectivity index (χ0v) is 17.3. The van der Waals surface area contributed by atoms with Gasteiger partial charge in [0.25, 0.3) is 0 Å². The molecule has 8 nitrogen and oxygen atoms in total. The molecule has 0 spiro atoms. The maximum absolute atomic E-state index is 12.0. The summed E-state index contributed by atoms with van der Waals surface area (Å²) in [5, 5.41) is 13.9. The zero-order chi connectivity index (χ0) is 20.7. The second-order valence-corrected chi connectivity index (χ2v) is 6.83. The van der Waals surface area contributed by atoms with Crippen molar-refractivity contribution in [3.8, 4) is 11.5 Å². The lowest BCUT2D eigenvalue weighted by Gasteiger charge is -2.22. The highest BCUT2D eigenvalue weighted by Crippen LogP contribution is 2.30. The maximum Gasteiger partial charge on any atom is 0.310 e. The molecule has 1 aliphatic heterocycles. The van der Waals surface area contributed by atoms with E-state index in [2.05, 4.69) is 10.3 Å². The Kier molecular flexibility index (Phi) is 7.92. The highest BCUT2D eigenvalue weighted by molar-refractivity contribution is 5.82. The number of ether oxygens (including phenoxy) is 3. The predicted octanol–water partition coefficient (Wildman–Crippen LogP) is 1.44. The van der Waals surface area contributed by atoms with E-state index in [1.165, 1.54) is 7.11 Å². The summed E-state index contributed by atoms with van der Waals surface area (Å²) in [6.07, 6.45) is -0.852. The van der Waals surface area contributed by atoms with Crippen molar-refractivity contribution in [2.24, 2.45) is 16.8 Å². The van der Waals surface area contributed by atoms with Gasteiger partial charge in [-0.05, 0) is 31.0 Å². The molecule has 1 aromatic rings. The molecule has 0 amide bonds. The Morgan fingerprint density at radius 3 is 2.68 bits per heavy atom. The molecule has 156 valence electrons. The number of aliphatic imine (C=N–C) groups is 1. The van der Waals surface area contributed by atoms with E-state index >= 15 is 0 Å². The zero-order valence-electron chi connectivity index (χ0n) is 17.3. The van der Waals surface area contributed by atoms with Gasteiger partial charge in [-0.15, -0.1) is 0 Å². The van der Waals surface area contributed by atoms with Gasteiger partial charge in [0.05, 0.1) is 33.8 Å². The number of aliphatic hydroxyl groups excluding tert-OH is 1. The number of carbonyl (C=O) groups is 1. The van der Waals surface area contributed by atoms with Gasteiger partial charge in [0.15, 0.2) is 5.96 Å². The number of methoxy groups -OCH3 is 3. The van der Waals surface area contributed by atoms with Gasteiger partial charge < -0.3 is 29.5 Å². The summed E-state index contributed by atoms with van der Waals surface area (Å²) in [5.74, 6) is 1.67. The molecule has 0 aliphatic carbocycles. The first kappa shape index (κ1) is 21.8. The Morgan fingerprint density at radius 1 is 1.32 bits per heavy atom. The number of nitrogens with zero attached hydrogens (tertiary/aromatic N) is 2. The summed E-state index contributed by atoms with van der Waals surface area (Å²) < 4.78 is 15.5. The van der Waals surface area contributed by atoms with Gasteiger partial charge in [-0.2, -0.15) is 0 Å². The molecule has 1 saturated heterocycles. The fourth-order valence-corrected chi connectivity index (χ4v) is 3.39. The number of likely N-dealkylation sites (tertiary alicyclic amines) is 1. The maximum atomic E-state index is 12.0. The minimum Gasteiger partial charge on any atom is -0.497 e. The first-order valence-electron chi connectivity index (χ1n) is 9.46. The molecule has 8 heteroatoms. The van der Waals surface area contributed by atoms with Gasteiger partial charge in [-0.3, -0.25) is 9.79 Å². The van der Waals surface area contributed by atoms with E-state index in [0.717, 1.165) is 0 Å². The Bertz CT molecular complexity index is 694. The first-order chi connectivity index (χ1) is 13.4. The van der Waals surface area contributed by atoms with E-state index in [4.69, 9.17) is 14.2 Å². The molecule has 0 radical (unpaired) electrons. The molecule has 0 bridgehead atoms. The molecule has 1 aromatic carbocycles. The summed E-state index contributed by atoms with van der Waals surface area (Å²) in [6, 6.07) is 5.29. The monoisotopic (exact) mass is 393 g/mol. The third-order valence-corrected chi connectivity index (χ3v) is 4.96. The van der Waals surface area contributed by atoms with Crippen LogP contribution in [0.5, 0.6) is 11.5 Å². The third kappa shape index (κ3) is 5.07. The van der Waals surface area contributed by atoms with E-state index in [1.54, 1.807) is 32.4 Å². The van der Waals surface area contributed by atoms with Crippen molar-refractivity contribution in [3.63, 3.8) is 0 Å². The second-order valence-electron chi connectivity index (χ2n) is 6.83. The van der Waals surface area contributed by atoms with Crippen molar-refractivity contribution in [2.45, 2.75) is 20.0 Å². The number of hydrogen-bond acceptors (Lipinski definition) is 6. The Hall–Kier alpha value is -2.48. The largest absolute Gasteiger partial charge is 0.497 e. The molecular formula is C20H31N3O5. The highest BCUT2D eigenvalue weighted by atomic mass is 16.5. The number of esters is 1. The normalized spacial score (nSPS) is 20.6. The van der Waals surface area contributed by atoms with Crippen LogP contribution in [0.2, 0.25) is 0 Å². The smallest absolute Gasteiger partial charge is 0.310 e. The van der Waals surface area contributed by atoms with Gasteiger partial charge >= 0.3 is 5.97 Å². The quantitative estimate of drug-likeness (QED) is 0.411. The minimum absolute atomic E-state index is 0.152. The molecule has 0 aromatic heterocycles. The van der Waals surface area contributed by atoms with Gasteiger partial charge in [-0.1, -0.05) is 6.92 Å². The van der Waals surface area contributed by atoms with E-state index < -0.39 is 6.10 Å². The average molecular weight is 393 g/mol. The van der Waals surface area contributed by atoms with Crippen molar-refractivity contribution in [2.75, 3.05) is 47.5 Å². The van der Waals surface area contributed by atoms with Crippen molar-refractivity contribution in [3.05, 3.63) is 23.8 Å². The molecule has 2 N–H and O–H groups in total. The van der Waals surface area contributed by atoms with Gasteiger partial charge in [0.2, 0.25) is 0 Å². The van der Waals surface area contributed by atoms with Crippen molar-refractivity contribution in [1.29, 1.82) is 0 Å². The van der Waals surface area contributed by atoms with Crippen LogP contribution >= 0.6 is 0 Å². The summed E-state index contributed by atoms with van der Waals surface area (Å²) in [4.78, 5) is 18.6. The Balaban J connectivity index is 2.16. The lowest BCUT2D eigenvalue weighted by atomic mass is 9.99. The molecular weight excluding hydrogens is 362 g/mol. The van der Waals surface area contributed by atoms with Crippen molar-refractivity contribution in [1.82, 2.24) is 10.2 Å². The van der Waals surface area contributed by atoms with Crippen molar-refractivity contribution < 1.29 is 24.1 Å². The summed E-state index contributed by atoms with van der Waals surface area (Å²) >= 11 is 0. The van der Waals surface area contributed by atoms with E-state index in [1.807, 2.05) is 18.7 Å². The average Bonchev–Trinajstić information content (AvgIpc) is 3.11. The number of hydrogen-bond donors (Lipinski definition) is 2. The lowest BCUT2D eigenvalue weighted by Crippen LogP contribution is -2.41. The summed E-state index contributed by atoms with van der Waals surface area (Å²) in [6.45, 7) is 6.09. The third-order valence-electron chi connectivity index (χ3n) is 4.96. The molecule has 0 saturated carbocycles. The Labute approximate surface area is 166 Å². The van der Waals surface area contributed by atoms with E-state index in [-0.39, 0.29) is 24.3 Å². The van der Waals surface area contributed by atoms with Crippen LogP contribution in [0.25, 0.3) is 0 Å². The van der Waals surface area contributed by atoms with Gasteiger partial charge in [-0.25, -0.2) is 0 Å². The SMILES string of the molecule is CCNC(=NCC(O)c1cc(OC)ccc1OC)N1CC(C)C(C(=O)OC)C1. The summed E-state index contributed by atoms with van der Waals surface area (Å²) in [5.41, 5.74) is 0.615. The fraction of sp³-hybridized carbons (Fsp3) is 0.600. The molecule has 3 atom stereocenters. The standard InChI is InChI=1S/C20H31N3O5/c1-6-21-20(23-11-13(2)16(12-23)19(25)28-5)22-10-17(24)15-9-14(26-3)7-8-18(15)27-4/h7-9,13,16-17,24H,6,10-12H2,1-5H3,(H,21,22). The number of benzene rings is 1. The molecule has 1 fully saturated rings. The molecule has 3 unspecified atom stereocenters. The molecule has 28 heavy (non-hydrogen) atoms. The van der Waals surface area contributed by atoms with E-state index in [0.29, 0.717) is 42.7 Å². The van der Waals surface area contributed by atoms with Gasteiger partial charge in [0, 0.05) is 25.2 Å². The van der Waals surface area contributed by atoms with Gasteiger partial charge in [0.1, 0.15) is 17.6 Å². The number of nitrogens with one attached hydrogen (secondary N) is 1. The number of carbonyl (C=O) groups excluding carboxylic acids is 1. The van der Waals surface area contributed by atoms with Crippen LogP contribution in [0, 0.1) is 11.8 Å². The van der Waals surface area contributed by atoms with Crippen LogP contribution in [0.15, 0.2) is 23.2 Å². The van der Waals surface area contributed by atoms with Crippen LogP contribution < -0.4 is 14.8 Å². The molecule has 2 rings (SSSR count). The lowest BCUT2D eigenvalue weighted by molar-refractivity contribution is -0.145. The number of rotatable bonds is 7. The van der Waals surface area contributed by atoms with Crippen LogP contribution in [0.4, 0.5) is 0 Å². The van der Waals surface area contributed by atoms with E-state index in [9.17, 15) is 9.90 Å². The number of guanidine groups is 1. The van der Waals surface area contributed by atoms with Crippen LogP contribution in [0.1, 0.15) is 25.5 Å². The predicted molar refractivity (Wildman–Crippen MR) is 107 cm³/mol. The highest BCUT2D eigenvalue weighted by Gasteiger charge is 2.36. The topological polar surface area (TPSA) is 92.6 Å². The van der Waals surface area contributed by atoms with Crippen LogP contribution in [-0.4, -0.2) is 69.4 Å². The molecule has 1 heterocycles.